The number of nitrogens with two attached hydrogens (primary N) is 2. The highest BCUT2D eigenvalue weighted by Gasteiger charge is 2.08. The van der Waals surface area contributed by atoms with Crippen LogP contribution in [0.2, 0.25) is 0 Å². The number of carbonyl (C=O) groups excluding carboxylic acids is 1. The number of aliphatic imine (C=N–C) groups is 1. The van der Waals surface area contributed by atoms with Crippen LogP contribution in [0.3, 0.4) is 0 Å². The van der Waals surface area contributed by atoms with Crippen molar-refractivity contribution in [2.24, 2.45) is 16.5 Å². The number of esters is 1. The van der Waals surface area contributed by atoms with Gasteiger partial charge in [0.2, 0.25) is 0 Å². The third-order valence-corrected chi connectivity index (χ3v) is 2.90. The number of hydrogen-bond acceptors (Lipinski definition) is 3. The van der Waals surface area contributed by atoms with Crippen molar-refractivity contribution >= 4 is 17.6 Å². The van der Waals surface area contributed by atoms with Crippen LogP contribution in [0, 0.1) is 0 Å². The highest BCUT2D eigenvalue weighted by atomic mass is 16.5. The van der Waals surface area contributed by atoms with Gasteiger partial charge in [0.25, 0.3) is 0 Å². The van der Waals surface area contributed by atoms with Crippen molar-refractivity contribution in [1.29, 1.82) is 0 Å². The molecule has 0 fully saturated rings. The summed E-state index contributed by atoms with van der Waals surface area (Å²) >= 11 is 0. The summed E-state index contributed by atoms with van der Waals surface area (Å²) < 4.78 is 5.28. The summed E-state index contributed by atoms with van der Waals surface area (Å²) in [5.41, 5.74) is 12.9. The second-order valence-electron chi connectivity index (χ2n) is 4.47. The fourth-order valence-electron chi connectivity index (χ4n) is 1.78. The second kappa shape index (κ2) is 9.25. The molecule has 5 heteroatoms. The predicted octanol–water partition coefficient (Wildman–Crippen LogP) is 3.40. The van der Waals surface area contributed by atoms with Crippen LogP contribution in [0.5, 0.6) is 5.75 Å². The van der Waals surface area contributed by atoms with E-state index >= 15 is 0 Å². The first kappa shape index (κ1) is 18.2. The van der Waals surface area contributed by atoms with Crippen LogP contribution in [-0.4, -0.2) is 11.9 Å². The molecule has 23 heavy (non-hydrogen) atoms. The van der Waals surface area contributed by atoms with Crippen molar-refractivity contribution in [2.75, 3.05) is 0 Å². The average molecular weight is 313 g/mol. The monoisotopic (exact) mass is 313 g/mol. The molecule has 0 aliphatic rings. The molecule has 0 unspecified atom stereocenters. The van der Waals surface area contributed by atoms with Crippen LogP contribution in [0.4, 0.5) is 5.69 Å². The van der Waals surface area contributed by atoms with Crippen LogP contribution >= 0.6 is 0 Å². The van der Waals surface area contributed by atoms with E-state index in [4.69, 9.17) is 16.2 Å². The van der Waals surface area contributed by atoms with Gasteiger partial charge in [0.1, 0.15) is 5.75 Å². The molecule has 2 rings (SSSR count). The van der Waals surface area contributed by atoms with Crippen LogP contribution in [-0.2, 0) is 6.42 Å². The molecule has 122 valence electrons. The number of rotatable bonds is 4. The van der Waals surface area contributed by atoms with Crippen LogP contribution < -0.4 is 16.2 Å². The minimum absolute atomic E-state index is 0.0178. The molecular formula is C18H23N3O2. The van der Waals surface area contributed by atoms with Crippen molar-refractivity contribution in [1.82, 2.24) is 0 Å². The molecule has 0 aromatic heterocycles. The number of ether oxygens (including phenoxy) is 1. The van der Waals surface area contributed by atoms with Gasteiger partial charge >= 0.3 is 5.97 Å². The van der Waals surface area contributed by atoms with Crippen molar-refractivity contribution in [3.05, 3.63) is 59.7 Å². The predicted molar refractivity (Wildman–Crippen MR) is 94.0 cm³/mol. The van der Waals surface area contributed by atoms with Crippen molar-refractivity contribution < 1.29 is 9.53 Å². The van der Waals surface area contributed by atoms with Gasteiger partial charge in [-0.1, -0.05) is 32.9 Å². The quantitative estimate of drug-likeness (QED) is 0.392. The van der Waals surface area contributed by atoms with Gasteiger partial charge in [-0.2, -0.15) is 0 Å². The van der Waals surface area contributed by atoms with Gasteiger partial charge < -0.3 is 16.2 Å². The van der Waals surface area contributed by atoms with Gasteiger partial charge in [-0.3, -0.25) is 0 Å². The molecule has 0 saturated carbocycles. The van der Waals surface area contributed by atoms with Gasteiger partial charge in [-0.05, 0) is 48.4 Å². The van der Waals surface area contributed by atoms with Gasteiger partial charge in [0.05, 0.1) is 11.3 Å². The first-order valence-corrected chi connectivity index (χ1v) is 7.59. The Morgan fingerprint density at radius 2 is 1.57 bits per heavy atom. The summed E-state index contributed by atoms with van der Waals surface area (Å²) in [5, 5.41) is 0. The number of benzene rings is 2. The minimum Gasteiger partial charge on any atom is -0.423 e. The Kier molecular flexibility index (Phi) is 7.33. The Balaban J connectivity index is 0.00000127. The molecule has 4 N–H and O–H groups in total. The normalized spacial score (nSPS) is 9.35. The largest absolute Gasteiger partial charge is 0.423 e. The number of guanidine groups is 1. The van der Waals surface area contributed by atoms with E-state index < -0.39 is 5.97 Å². The van der Waals surface area contributed by atoms with Crippen LogP contribution in [0.15, 0.2) is 53.5 Å². The van der Waals surface area contributed by atoms with E-state index in [2.05, 4.69) is 11.9 Å². The lowest BCUT2D eigenvalue weighted by Gasteiger charge is -2.05. The minimum atomic E-state index is -0.396. The lowest BCUT2D eigenvalue weighted by molar-refractivity contribution is 0.0735. The molecule has 0 radical (unpaired) electrons. The molecule has 0 amide bonds. The molecule has 0 aliphatic carbocycles. The molecule has 2 aromatic carbocycles. The number of hydrogen-bond donors (Lipinski definition) is 2. The lowest BCUT2D eigenvalue weighted by atomic mass is 10.1. The zero-order valence-corrected chi connectivity index (χ0v) is 13.7. The maximum absolute atomic E-state index is 12.0. The molecular weight excluding hydrogens is 290 g/mol. The van der Waals surface area contributed by atoms with Crippen molar-refractivity contribution in [2.45, 2.75) is 27.2 Å². The molecule has 5 nitrogen and oxygen atoms in total. The number of carbonyl (C=O) groups is 1. The Hall–Kier alpha value is -2.82. The van der Waals surface area contributed by atoms with E-state index in [1.165, 1.54) is 5.56 Å². The smallest absolute Gasteiger partial charge is 0.343 e. The van der Waals surface area contributed by atoms with E-state index in [1.54, 1.807) is 36.4 Å². The van der Waals surface area contributed by atoms with Crippen molar-refractivity contribution in [3.63, 3.8) is 0 Å². The van der Waals surface area contributed by atoms with E-state index in [0.29, 0.717) is 17.0 Å². The molecule has 0 saturated heterocycles. The van der Waals surface area contributed by atoms with E-state index in [0.717, 1.165) is 6.42 Å². The Labute approximate surface area is 137 Å². The zero-order chi connectivity index (χ0) is 17.2. The van der Waals surface area contributed by atoms with Crippen LogP contribution in [0.1, 0.15) is 36.7 Å². The zero-order valence-electron chi connectivity index (χ0n) is 13.7. The highest BCUT2D eigenvalue weighted by Crippen LogP contribution is 2.19. The number of aryl methyl sites for hydroxylation is 1. The van der Waals surface area contributed by atoms with Gasteiger partial charge in [-0.25, -0.2) is 9.79 Å². The first-order chi connectivity index (χ1) is 11.1. The molecule has 0 aliphatic heterocycles. The van der Waals surface area contributed by atoms with E-state index in [-0.39, 0.29) is 5.96 Å². The molecule has 0 atom stereocenters. The van der Waals surface area contributed by atoms with Gasteiger partial charge in [-0.15, -0.1) is 0 Å². The molecule has 0 spiro atoms. The van der Waals surface area contributed by atoms with E-state index in [9.17, 15) is 4.79 Å². The summed E-state index contributed by atoms with van der Waals surface area (Å²) in [7, 11) is 0. The summed E-state index contributed by atoms with van der Waals surface area (Å²) in [6.07, 6.45) is 0.932. The fourth-order valence-corrected chi connectivity index (χ4v) is 1.78. The fraction of sp³-hybridized carbons (Fsp3) is 0.222. The highest BCUT2D eigenvalue weighted by molar-refractivity contribution is 5.91. The van der Waals surface area contributed by atoms with Crippen LogP contribution in [0.25, 0.3) is 0 Å². The van der Waals surface area contributed by atoms with Gasteiger partial charge in [0.15, 0.2) is 5.96 Å². The maximum atomic E-state index is 12.0. The number of nitrogens with zero attached hydrogens (tertiary/aromatic N) is 1. The van der Waals surface area contributed by atoms with Crippen molar-refractivity contribution in [3.8, 4) is 5.75 Å². The maximum Gasteiger partial charge on any atom is 0.343 e. The first-order valence-electron chi connectivity index (χ1n) is 7.59. The summed E-state index contributed by atoms with van der Waals surface area (Å²) in [4.78, 5) is 15.9. The second-order valence-corrected chi connectivity index (χ2v) is 4.47. The summed E-state index contributed by atoms with van der Waals surface area (Å²) in [5.74, 6) is 0.0251. The standard InChI is InChI=1S/C16H17N3O2.C2H6/c1-2-11-3-5-12(6-4-11)15(20)21-14-9-7-13(8-10-14)19-16(17)18;1-2/h3-10H,2H2,1H3,(H4,17,18,19);1-2H3. The van der Waals surface area contributed by atoms with Gasteiger partial charge in [0, 0.05) is 0 Å². The third-order valence-electron chi connectivity index (χ3n) is 2.90. The summed E-state index contributed by atoms with van der Waals surface area (Å²) in [6, 6.07) is 14.0. The topological polar surface area (TPSA) is 90.7 Å². The average Bonchev–Trinajstić information content (AvgIpc) is 2.58. The molecule has 0 bridgehead atoms. The Bertz CT molecular complexity index is 643. The summed E-state index contributed by atoms with van der Waals surface area (Å²) in [6.45, 7) is 6.06. The SMILES string of the molecule is CC.CCc1ccc(C(=O)Oc2ccc(N=C(N)N)cc2)cc1. The Morgan fingerprint density at radius 3 is 2.04 bits per heavy atom. The lowest BCUT2D eigenvalue weighted by Crippen LogP contribution is -2.21. The molecule has 0 heterocycles. The Morgan fingerprint density at radius 1 is 1.00 bits per heavy atom. The molecule has 2 aromatic rings. The van der Waals surface area contributed by atoms with E-state index in [1.807, 2.05) is 26.0 Å². The third kappa shape index (κ3) is 5.82.